The molecule has 0 N–H and O–H groups in total. The highest BCUT2D eigenvalue weighted by Gasteiger charge is 2.25. The van der Waals surface area contributed by atoms with Gasteiger partial charge in [-0.3, -0.25) is 14.8 Å². The Morgan fingerprint density at radius 1 is 1.29 bits per heavy atom. The van der Waals surface area contributed by atoms with Crippen molar-refractivity contribution in [2.24, 2.45) is 5.92 Å². The number of aromatic nitrogens is 2. The molecule has 1 saturated heterocycles. The number of carbonyl (C=O) groups excluding carboxylic acids is 1. The summed E-state index contributed by atoms with van der Waals surface area (Å²) in [6.45, 7) is 1.67. The second-order valence-electron chi connectivity index (χ2n) is 6.37. The van der Waals surface area contributed by atoms with Crippen molar-refractivity contribution in [3.05, 3.63) is 58.7 Å². The number of rotatable bonds is 3. The van der Waals surface area contributed by atoms with Crippen LogP contribution in [0.1, 0.15) is 28.1 Å². The molecular weight excluding hydrogens is 318 g/mol. The van der Waals surface area contributed by atoms with Crippen molar-refractivity contribution in [1.82, 2.24) is 14.9 Å². The van der Waals surface area contributed by atoms with Crippen LogP contribution >= 0.6 is 11.3 Å². The minimum Gasteiger partial charge on any atom is -0.338 e. The van der Waals surface area contributed by atoms with Crippen molar-refractivity contribution in [1.29, 1.82) is 0 Å². The summed E-state index contributed by atoms with van der Waals surface area (Å²) in [7, 11) is 0. The van der Waals surface area contributed by atoms with Crippen molar-refractivity contribution in [2.75, 3.05) is 13.1 Å². The van der Waals surface area contributed by atoms with E-state index in [1.165, 1.54) is 28.7 Å². The third-order valence-corrected chi connectivity index (χ3v) is 5.38. The van der Waals surface area contributed by atoms with E-state index in [0.29, 0.717) is 5.92 Å². The summed E-state index contributed by atoms with van der Waals surface area (Å²) in [6, 6.07) is 10.4. The number of pyridine rings is 1. The van der Waals surface area contributed by atoms with Crippen LogP contribution in [0.25, 0.3) is 10.9 Å². The van der Waals surface area contributed by atoms with Gasteiger partial charge in [-0.25, -0.2) is 0 Å². The molecule has 0 saturated carbocycles. The number of hydrogen-bond donors (Lipinski definition) is 0. The van der Waals surface area contributed by atoms with Gasteiger partial charge in [0.05, 0.1) is 17.2 Å². The molecule has 0 spiro atoms. The van der Waals surface area contributed by atoms with Gasteiger partial charge in [0.25, 0.3) is 5.91 Å². The number of nitrogens with zero attached hydrogens (tertiary/aromatic N) is 3. The molecular formula is C19H19N3OS. The van der Waals surface area contributed by atoms with Crippen LogP contribution in [0.2, 0.25) is 0 Å². The first kappa shape index (κ1) is 15.3. The average Bonchev–Trinajstić information content (AvgIpc) is 3.16. The van der Waals surface area contributed by atoms with Crippen LogP contribution in [-0.4, -0.2) is 33.9 Å². The lowest BCUT2D eigenvalue weighted by atomic mass is 9.91. The molecule has 0 radical (unpaired) electrons. The zero-order valence-corrected chi connectivity index (χ0v) is 14.2. The van der Waals surface area contributed by atoms with Gasteiger partial charge in [0.2, 0.25) is 0 Å². The molecule has 1 aliphatic rings. The predicted octanol–water partition coefficient (Wildman–Crippen LogP) is 3.79. The van der Waals surface area contributed by atoms with Gasteiger partial charge in [-0.1, -0.05) is 18.2 Å². The fourth-order valence-corrected chi connectivity index (χ4v) is 4.04. The van der Waals surface area contributed by atoms with E-state index >= 15 is 0 Å². The lowest BCUT2D eigenvalue weighted by Crippen LogP contribution is -2.40. The second kappa shape index (κ2) is 6.69. The Labute approximate surface area is 145 Å². The number of likely N-dealkylation sites (tertiary alicyclic amines) is 1. The average molecular weight is 337 g/mol. The van der Waals surface area contributed by atoms with E-state index in [2.05, 4.69) is 22.1 Å². The van der Waals surface area contributed by atoms with E-state index in [4.69, 9.17) is 0 Å². The third kappa shape index (κ3) is 3.17. The fraction of sp³-hybridized carbons (Fsp3) is 0.316. The van der Waals surface area contributed by atoms with Gasteiger partial charge in [0.1, 0.15) is 4.88 Å². The van der Waals surface area contributed by atoms with Crippen molar-refractivity contribution >= 4 is 28.1 Å². The molecule has 2 aromatic heterocycles. The Kier molecular flexibility index (Phi) is 4.26. The van der Waals surface area contributed by atoms with Crippen LogP contribution in [0.3, 0.4) is 0 Å². The maximum Gasteiger partial charge on any atom is 0.265 e. The molecule has 1 fully saturated rings. The topological polar surface area (TPSA) is 46.1 Å². The summed E-state index contributed by atoms with van der Waals surface area (Å²) in [6.07, 6.45) is 6.86. The van der Waals surface area contributed by atoms with E-state index in [0.717, 1.165) is 36.3 Å². The van der Waals surface area contributed by atoms with Gasteiger partial charge in [-0.15, -0.1) is 11.3 Å². The Balaban J connectivity index is 1.46. The van der Waals surface area contributed by atoms with Gasteiger partial charge >= 0.3 is 0 Å². The molecule has 0 bridgehead atoms. The molecule has 24 heavy (non-hydrogen) atoms. The van der Waals surface area contributed by atoms with E-state index in [-0.39, 0.29) is 5.91 Å². The first-order chi connectivity index (χ1) is 11.8. The normalized spacial score (nSPS) is 18.0. The molecule has 4 rings (SSSR count). The van der Waals surface area contributed by atoms with Gasteiger partial charge in [-0.05, 0) is 42.9 Å². The number of hydrogen-bond acceptors (Lipinski definition) is 4. The highest BCUT2D eigenvalue weighted by atomic mass is 32.1. The molecule has 1 unspecified atom stereocenters. The monoisotopic (exact) mass is 337 g/mol. The summed E-state index contributed by atoms with van der Waals surface area (Å²) in [5.74, 6) is 0.623. The maximum absolute atomic E-state index is 12.5. The molecule has 5 heteroatoms. The lowest BCUT2D eigenvalue weighted by Gasteiger charge is -2.32. The van der Waals surface area contributed by atoms with Gasteiger partial charge in [0, 0.05) is 24.7 Å². The van der Waals surface area contributed by atoms with Gasteiger partial charge in [-0.2, -0.15) is 0 Å². The van der Waals surface area contributed by atoms with Crippen LogP contribution in [-0.2, 0) is 6.42 Å². The summed E-state index contributed by atoms with van der Waals surface area (Å²) in [5.41, 5.74) is 4.01. The lowest BCUT2D eigenvalue weighted by molar-refractivity contribution is 0.0678. The zero-order chi connectivity index (χ0) is 16.4. The fourth-order valence-electron chi connectivity index (χ4n) is 3.45. The zero-order valence-electron chi connectivity index (χ0n) is 13.4. The molecule has 122 valence electrons. The van der Waals surface area contributed by atoms with E-state index in [1.807, 2.05) is 29.3 Å². The SMILES string of the molecule is O=C(c1cncs1)N1CCCC(Cc2cnc3ccccc3c2)C1. The molecule has 0 aliphatic carbocycles. The van der Waals surface area contributed by atoms with Gasteiger partial charge < -0.3 is 4.90 Å². The highest BCUT2D eigenvalue weighted by Crippen LogP contribution is 2.24. The number of fused-ring (bicyclic) bond motifs is 1. The molecule has 3 heterocycles. The van der Waals surface area contributed by atoms with Crippen molar-refractivity contribution < 1.29 is 4.79 Å². The Morgan fingerprint density at radius 2 is 2.21 bits per heavy atom. The van der Waals surface area contributed by atoms with Crippen molar-refractivity contribution in [3.63, 3.8) is 0 Å². The molecule has 1 aromatic carbocycles. The Bertz CT molecular complexity index is 847. The largest absolute Gasteiger partial charge is 0.338 e. The number of amides is 1. The summed E-state index contributed by atoms with van der Waals surface area (Å²) in [4.78, 5) is 23.8. The molecule has 1 atom stereocenters. The minimum atomic E-state index is 0.124. The maximum atomic E-state index is 12.5. The van der Waals surface area contributed by atoms with Crippen molar-refractivity contribution in [2.45, 2.75) is 19.3 Å². The molecule has 1 amide bonds. The number of para-hydroxylation sites is 1. The van der Waals surface area contributed by atoms with E-state index < -0.39 is 0 Å². The quantitative estimate of drug-likeness (QED) is 0.730. The van der Waals surface area contributed by atoms with Crippen LogP contribution in [0.5, 0.6) is 0 Å². The first-order valence-corrected chi connectivity index (χ1v) is 9.19. The molecule has 1 aliphatic heterocycles. The van der Waals surface area contributed by atoms with Gasteiger partial charge in [0.15, 0.2) is 0 Å². The second-order valence-corrected chi connectivity index (χ2v) is 7.25. The van der Waals surface area contributed by atoms with Crippen LogP contribution in [0, 0.1) is 5.92 Å². The predicted molar refractivity (Wildman–Crippen MR) is 96.2 cm³/mol. The number of benzene rings is 1. The summed E-state index contributed by atoms with van der Waals surface area (Å²) in [5, 5.41) is 1.18. The highest BCUT2D eigenvalue weighted by molar-refractivity contribution is 7.11. The summed E-state index contributed by atoms with van der Waals surface area (Å²) < 4.78 is 0. The van der Waals surface area contributed by atoms with E-state index in [1.54, 1.807) is 11.7 Å². The number of piperidine rings is 1. The standard InChI is InChI=1S/C19H19N3OS/c23-19(18-11-20-13-24-18)22-7-3-4-14(12-22)8-15-9-16-5-1-2-6-17(16)21-10-15/h1-2,5-6,9-11,13-14H,3-4,7-8,12H2. The van der Waals surface area contributed by atoms with E-state index in [9.17, 15) is 4.79 Å². The summed E-state index contributed by atoms with van der Waals surface area (Å²) >= 11 is 1.42. The smallest absolute Gasteiger partial charge is 0.265 e. The van der Waals surface area contributed by atoms with Crippen LogP contribution in [0.15, 0.2) is 48.2 Å². The van der Waals surface area contributed by atoms with Crippen LogP contribution < -0.4 is 0 Å². The molecule has 4 nitrogen and oxygen atoms in total. The number of carbonyl (C=O) groups is 1. The third-order valence-electron chi connectivity index (χ3n) is 4.62. The minimum absolute atomic E-state index is 0.124. The Hall–Kier alpha value is -2.27. The number of thiazole rings is 1. The Morgan fingerprint density at radius 3 is 3.08 bits per heavy atom. The van der Waals surface area contributed by atoms with Crippen molar-refractivity contribution in [3.8, 4) is 0 Å². The molecule has 3 aromatic rings. The first-order valence-electron chi connectivity index (χ1n) is 8.31. The van der Waals surface area contributed by atoms with Crippen LogP contribution in [0.4, 0.5) is 0 Å².